The Morgan fingerprint density at radius 1 is 1.50 bits per heavy atom. The Morgan fingerprint density at radius 2 is 2.14 bits per heavy atom. The van der Waals surface area contributed by atoms with Crippen LogP contribution in [0.4, 0.5) is 4.79 Å². The number of nitrogens with two attached hydrogens (primary N) is 1. The number of primary amides is 1. The molecule has 1 aliphatic carbocycles. The van der Waals surface area contributed by atoms with Crippen LogP contribution in [0.25, 0.3) is 0 Å². The molecular weight excluding hydrogens is 182 g/mol. The number of hydrazone groups is 1. The van der Waals surface area contributed by atoms with Gasteiger partial charge in [-0.2, -0.15) is 5.10 Å². The van der Waals surface area contributed by atoms with E-state index in [2.05, 4.69) is 10.5 Å². The van der Waals surface area contributed by atoms with E-state index in [-0.39, 0.29) is 0 Å². The van der Waals surface area contributed by atoms with E-state index in [1.54, 1.807) is 0 Å². The van der Waals surface area contributed by atoms with Crippen LogP contribution >= 0.6 is 0 Å². The molecule has 14 heavy (non-hydrogen) atoms. The van der Waals surface area contributed by atoms with E-state index in [0.29, 0.717) is 6.42 Å². The number of hydrogen-bond donors (Lipinski definition) is 3. The Labute approximate surface area is 83.4 Å². The molecule has 0 spiro atoms. The highest BCUT2D eigenvalue weighted by atomic mass is 16.3. The summed E-state index contributed by atoms with van der Waals surface area (Å²) >= 11 is 0. The fourth-order valence-electron chi connectivity index (χ4n) is 1.74. The highest BCUT2D eigenvalue weighted by Crippen LogP contribution is 2.29. The molecule has 2 amide bonds. The Morgan fingerprint density at radius 3 is 2.71 bits per heavy atom. The minimum atomic E-state index is -0.683. The largest absolute Gasteiger partial charge is 0.390 e. The monoisotopic (exact) mass is 199 g/mol. The number of carbonyl (C=O) groups excluding carboxylic acids is 1. The van der Waals surface area contributed by atoms with Gasteiger partial charge >= 0.3 is 6.03 Å². The van der Waals surface area contributed by atoms with E-state index in [1.807, 2.05) is 0 Å². The first kappa shape index (κ1) is 11.0. The maximum atomic E-state index is 10.3. The van der Waals surface area contributed by atoms with Crippen LogP contribution < -0.4 is 11.2 Å². The fraction of sp³-hybridized carbons (Fsp3) is 0.778. The smallest absolute Gasteiger partial charge is 0.332 e. The molecule has 0 aromatic rings. The summed E-state index contributed by atoms with van der Waals surface area (Å²) in [6.07, 6.45) is 6.94. The zero-order valence-corrected chi connectivity index (χ0v) is 8.20. The Balaban J connectivity index is 2.27. The number of aliphatic hydroxyl groups is 1. The third-order valence-electron chi connectivity index (χ3n) is 2.52. The number of amides is 2. The van der Waals surface area contributed by atoms with E-state index in [4.69, 9.17) is 5.73 Å². The number of nitrogens with zero attached hydrogens (tertiary/aromatic N) is 1. The van der Waals surface area contributed by atoms with Crippen LogP contribution in [-0.2, 0) is 0 Å². The molecule has 0 atom stereocenters. The summed E-state index contributed by atoms with van der Waals surface area (Å²) in [7, 11) is 0. The van der Waals surface area contributed by atoms with Gasteiger partial charge in [0.2, 0.25) is 0 Å². The molecule has 5 heteroatoms. The highest BCUT2D eigenvalue weighted by molar-refractivity contribution is 5.72. The summed E-state index contributed by atoms with van der Waals surface area (Å²) < 4.78 is 0. The van der Waals surface area contributed by atoms with Gasteiger partial charge in [0.1, 0.15) is 0 Å². The number of rotatable bonds is 3. The normalized spacial score (nSPS) is 20.9. The Hall–Kier alpha value is -1.10. The van der Waals surface area contributed by atoms with Crippen LogP contribution in [0.3, 0.4) is 0 Å². The van der Waals surface area contributed by atoms with Crippen LogP contribution in [-0.4, -0.2) is 23.0 Å². The second-order valence-electron chi connectivity index (χ2n) is 3.78. The van der Waals surface area contributed by atoms with Gasteiger partial charge in [0, 0.05) is 12.6 Å². The van der Waals surface area contributed by atoms with Gasteiger partial charge in [0.25, 0.3) is 0 Å². The fourth-order valence-corrected chi connectivity index (χ4v) is 1.74. The predicted octanol–water partition coefficient (Wildman–Crippen LogP) is 0.726. The molecule has 1 aliphatic rings. The molecule has 1 fully saturated rings. The molecule has 0 aromatic heterocycles. The lowest BCUT2D eigenvalue weighted by Crippen LogP contribution is -2.32. The molecule has 0 radical (unpaired) electrons. The first-order valence-corrected chi connectivity index (χ1v) is 4.92. The average Bonchev–Trinajstić information content (AvgIpc) is 2.14. The zero-order chi connectivity index (χ0) is 10.4. The molecule has 0 saturated heterocycles. The van der Waals surface area contributed by atoms with Gasteiger partial charge in [-0.1, -0.05) is 19.3 Å². The van der Waals surface area contributed by atoms with Crippen molar-refractivity contribution in [3.05, 3.63) is 0 Å². The molecular formula is C9H17N3O2. The van der Waals surface area contributed by atoms with Crippen molar-refractivity contribution >= 4 is 12.2 Å². The molecule has 80 valence electrons. The topological polar surface area (TPSA) is 87.7 Å². The first-order valence-electron chi connectivity index (χ1n) is 4.92. The van der Waals surface area contributed by atoms with E-state index >= 15 is 0 Å². The summed E-state index contributed by atoms with van der Waals surface area (Å²) in [5.74, 6) is 0. The second-order valence-corrected chi connectivity index (χ2v) is 3.78. The summed E-state index contributed by atoms with van der Waals surface area (Å²) in [6.45, 7) is 0. The molecule has 0 aromatic carbocycles. The minimum absolute atomic E-state index is 0.479. The third kappa shape index (κ3) is 3.74. The van der Waals surface area contributed by atoms with E-state index < -0.39 is 11.6 Å². The van der Waals surface area contributed by atoms with Crippen molar-refractivity contribution in [2.45, 2.75) is 44.1 Å². The molecule has 0 heterocycles. The van der Waals surface area contributed by atoms with Gasteiger partial charge in [0.05, 0.1) is 5.60 Å². The maximum Gasteiger partial charge on any atom is 0.332 e. The zero-order valence-electron chi connectivity index (χ0n) is 8.20. The SMILES string of the molecule is NC(=O)N/N=C/CC1(O)CCCCC1. The van der Waals surface area contributed by atoms with Crippen molar-refractivity contribution < 1.29 is 9.90 Å². The predicted molar refractivity (Wildman–Crippen MR) is 53.9 cm³/mol. The van der Waals surface area contributed by atoms with Crippen molar-refractivity contribution in [2.24, 2.45) is 10.8 Å². The van der Waals surface area contributed by atoms with Crippen LogP contribution in [0.2, 0.25) is 0 Å². The Bertz CT molecular complexity index is 222. The van der Waals surface area contributed by atoms with Crippen LogP contribution in [0, 0.1) is 0 Å². The van der Waals surface area contributed by atoms with Crippen molar-refractivity contribution in [1.82, 2.24) is 5.43 Å². The van der Waals surface area contributed by atoms with E-state index in [1.165, 1.54) is 12.6 Å². The van der Waals surface area contributed by atoms with Crippen molar-refractivity contribution in [1.29, 1.82) is 0 Å². The number of hydrogen-bond acceptors (Lipinski definition) is 3. The summed E-state index contributed by atoms with van der Waals surface area (Å²) in [5, 5.41) is 13.6. The highest BCUT2D eigenvalue weighted by Gasteiger charge is 2.27. The van der Waals surface area contributed by atoms with Gasteiger partial charge in [-0.25, -0.2) is 10.2 Å². The van der Waals surface area contributed by atoms with Gasteiger partial charge in [0.15, 0.2) is 0 Å². The van der Waals surface area contributed by atoms with Crippen molar-refractivity contribution in [2.75, 3.05) is 0 Å². The van der Waals surface area contributed by atoms with E-state index in [0.717, 1.165) is 25.7 Å². The molecule has 0 aliphatic heterocycles. The molecule has 5 nitrogen and oxygen atoms in total. The molecule has 0 unspecified atom stereocenters. The van der Waals surface area contributed by atoms with Gasteiger partial charge in [-0.05, 0) is 12.8 Å². The summed E-state index contributed by atoms with van der Waals surface area (Å²) in [4.78, 5) is 10.3. The van der Waals surface area contributed by atoms with Crippen molar-refractivity contribution in [3.8, 4) is 0 Å². The van der Waals surface area contributed by atoms with Gasteiger partial charge < -0.3 is 10.8 Å². The number of nitrogens with one attached hydrogen (secondary N) is 1. The maximum absolute atomic E-state index is 10.3. The molecule has 4 N–H and O–H groups in total. The average molecular weight is 199 g/mol. The lowest BCUT2D eigenvalue weighted by molar-refractivity contribution is 0.0119. The van der Waals surface area contributed by atoms with Gasteiger partial charge in [-0.15, -0.1) is 0 Å². The third-order valence-corrected chi connectivity index (χ3v) is 2.52. The number of urea groups is 1. The van der Waals surface area contributed by atoms with E-state index in [9.17, 15) is 9.90 Å². The van der Waals surface area contributed by atoms with Crippen LogP contribution in [0.15, 0.2) is 5.10 Å². The standard InChI is InChI=1S/C9H17N3O2/c10-8(13)12-11-7-6-9(14)4-2-1-3-5-9/h7,14H,1-6H2,(H3,10,12,13)/b11-7+. The summed E-state index contributed by atoms with van der Waals surface area (Å²) in [5.41, 5.74) is 6.29. The van der Waals surface area contributed by atoms with Gasteiger partial charge in [-0.3, -0.25) is 0 Å². The molecule has 1 saturated carbocycles. The van der Waals surface area contributed by atoms with Crippen LogP contribution in [0.1, 0.15) is 38.5 Å². The number of carbonyl (C=O) groups is 1. The summed E-state index contributed by atoms with van der Waals surface area (Å²) in [6, 6.07) is -0.683. The second kappa shape index (κ2) is 4.95. The minimum Gasteiger partial charge on any atom is -0.390 e. The molecule has 1 rings (SSSR count). The quantitative estimate of drug-likeness (QED) is 0.462. The Kier molecular flexibility index (Phi) is 3.88. The lowest BCUT2D eigenvalue weighted by Gasteiger charge is -2.30. The first-order chi connectivity index (χ1) is 6.62. The van der Waals surface area contributed by atoms with Crippen molar-refractivity contribution in [3.63, 3.8) is 0 Å². The lowest BCUT2D eigenvalue weighted by atomic mass is 9.83. The van der Waals surface area contributed by atoms with Crippen LogP contribution in [0.5, 0.6) is 0 Å². The molecule has 0 bridgehead atoms.